The fourth-order valence-corrected chi connectivity index (χ4v) is 2.30. The van der Waals surface area contributed by atoms with Crippen molar-refractivity contribution in [3.63, 3.8) is 0 Å². The second-order valence-electron chi connectivity index (χ2n) is 5.39. The van der Waals surface area contributed by atoms with E-state index < -0.39 is 0 Å². The number of rotatable bonds is 8. The normalized spacial score (nSPS) is 10.7. The van der Waals surface area contributed by atoms with Gasteiger partial charge in [-0.3, -0.25) is 4.79 Å². The van der Waals surface area contributed by atoms with E-state index in [1.54, 1.807) is 6.07 Å². The summed E-state index contributed by atoms with van der Waals surface area (Å²) in [5.74, 6) is 0.477. The minimum absolute atomic E-state index is 0.205. The van der Waals surface area contributed by atoms with Crippen molar-refractivity contribution < 1.29 is 9.90 Å². The molecule has 1 aromatic carbocycles. The van der Waals surface area contributed by atoms with Gasteiger partial charge in [-0.15, -0.1) is 0 Å². The molecule has 0 amide bonds. The van der Waals surface area contributed by atoms with Gasteiger partial charge in [0.15, 0.2) is 5.78 Å². The summed E-state index contributed by atoms with van der Waals surface area (Å²) < 4.78 is 0. The maximum Gasteiger partial charge on any atom is 0.163 e. The van der Waals surface area contributed by atoms with Crippen LogP contribution in [-0.2, 0) is 0 Å². The lowest BCUT2D eigenvalue weighted by atomic mass is 9.97. The Labute approximate surface area is 116 Å². The number of hydrogen-bond donors (Lipinski definition) is 1. The molecule has 2 nitrogen and oxygen atoms in total. The van der Waals surface area contributed by atoms with Crippen molar-refractivity contribution in [3.8, 4) is 5.75 Å². The largest absolute Gasteiger partial charge is 0.508 e. The molecule has 106 valence electrons. The molecule has 0 saturated carbocycles. The molecule has 0 atom stereocenters. The first-order chi connectivity index (χ1) is 9.06. The van der Waals surface area contributed by atoms with E-state index in [2.05, 4.69) is 6.92 Å². The molecule has 0 heterocycles. The van der Waals surface area contributed by atoms with E-state index in [9.17, 15) is 9.90 Å². The summed E-state index contributed by atoms with van der Waals surface area (Å²) in [5, 5.41) is 9.59. The average molecular weight is 262 g/mol. The molecule has 1 rings (SSSR count). The Balaban J connectivity index is 2.43. The van der Waals surface area contributed by atoms with E-state index in [-0.39, 0.29) is 11.5 Å². The Kier molecular flexibility index (Phi) is 6.61. The molecule has 0 aromatic heterocycles. The summed E-state index contributed by atoms with van der Waals surface area (Å²) in [4.78, 5) is 12.1. The number of Topliss-reactive ketones (excluding diaryl/α,β-unsaturated/α-hetero) is 1. The fourth-order valence-electron chi connectivity index (χ4n) is 2.30. The van der Waals surface area contributed by atoms with Crippen LogP contribution in [-0.4, -0.2) is 10.9 Å². The third kappa shape index (κ3) is 5.06. The molecule has 0 aliphatic heterocycles. The third-order valence-corrected chi connectivity index (χ3v) is 3.60. The Morgan fingerprint density at radius 2 is 1.63 bits per heavy atom. The summed E-state index contributed by atoms with van der Waals surface area (Å²) in [6, 6.07) is 3.49. The van der Waals surface area contributed by atoms with Gasteiger partial charge >= 0.3 is 0 Å². The molecule has 0 aliphatic rings. The van der Waals surface area contributed by atoms with Crippen LogP contribution in [0.3, 0.4) is 0 Å². The molecule has 0 spiro atoms. The van der Waals surface area contributed by atoms with Gasteiger partial charge in [-0.1, -0.05) is 39.0 Å². The summed E-state index contributed by atoms with van der Waals surface area (Å²) >= 11 is 0. The molecule has 2 heteroatoms. The van der Waals surface area contributed by atoms with Crippen molar-refractivity contribution in [1.82, 2.24) is 0 Å². The van der Waals surface area contributed by atoms with Crippen LogP contribution < -0.4 is 0 Å². The minimum atomic E-state index is 0.205. The quantitative estimate of drug-likeness (QED) is 0.532. The van der Waals surface area contributed by atoms with Gasteiger partial charge in [-0.2, -0.15) is 0 Å². The predicted molar refractivity (Wildman–Crippen MR) is 79.9 cm³/mol. The van der Waals surface area contributed by atoms with Crippen molar-refractivity contribution in [1.29, 1.82) is 0 Å². The number of phenols is 1. The van der Waals surface area contributed by atoms with Gasteiger partial charge in [0.25, 0.3) is 0 Å². The number of carbonyl (C=O) groups is 1. The zero-order valence-electron chi connectivity index (χ0n) is 12.5. The highest BCUT2D eigenvalue weighted by atomic mass is 16.3. The topological polar surface area (TPSA) is 37.3 Å². The van der Waals surface area contributed by atoms with E-state index in [4.69, 9.17) is 0 Å². The monoisotopic (exact) mass is 262 g/mol. The number of ketones is 1. The lowest BCUT2D eigenvalue weighted by Crippen LogP contribution is -2.02. The van der Waals surface area contributed by atoms with E-state index in [1.165, 1.54) is 25.7 Å². The number of hydrogen-bond acceptors (Lipinski definition) is 2. The highest BCUT2D eigenvalue weighted by Crippen LogP contribution is 2.23. The Hall–Kier alpha value is -1.31. The van der Waals surface area contributed by atoms with Crippen LogP contribution in [0.15, 0.2) is 12.1 Å². The number of carbonyl (C=O) groups excluding carboxylic acids is 1. The smallest absolute Gasteiger partial charge is 0.163 e. The maximum absolute atomic E-state index is 12.1. The molecule has 1 N–H and O–H groups in total. The molecule has 0 radical (unpaired) electrons. The molecule has 0 unspecified atom stereocenters. The van der Waals surface area contributed by atoms with Crippen molar-refractivity contribution in [2.75, 3.05) is 0 Å². The van der Waals surface area contributed by atoms with Crippen molar-refractivity contribution in [3.05, 3.63) is 28.8 Å². The van der Waals surface area contributed by atoms with Gasteiger partial charge in [-0.25, -0.2) is 0 Å². The van der Waals surface area contributed by atoms with Gasteiger partial charge in [0, 0.05) is 12.0 Å². The number of phenolic OH excluding ortho intramolecular Hbond substituents is 1. The Bertz CT molecular complexity index is 422. The lowest BCUT2D eigenvalue weighted by molar-refractivity contribution is 0.0978. The zero-order chi connectivity index (χ0) is 14.3. The van der Waals surface area contributed by atoms with Crippen LogP contribution in [0.5, 0.6) is 5.75 Å². The molecule has 1 aromatic rings. The van der Waals surface area contributed by atoms with E-state index >= 15 is 0 Å². The first-order valence-electron chi connectivity index (χ1n) is 7.39. The van der Waals surface area contributed by atoms with Gasteiger partial charge in [0.2, 0.25) is 0 Å². The average Bonchev–Trinajstić information content (AvgIpc) is 2.37. The van der Waals surface area contributed by atoms with Crippen LogP contribution in [0.1, 0.15) is 73.4 Å². The van der Waals surface area contributed by atoms with Crippen molar-refractivity contribution >= 4 is 5.78 Å². The number of aryl methyl sites for hydroxylation is 2. The van der Waals surface area contributed by atoms with Crippen LogP contribution in [0, 0.1) is 13.8 Å². The summed E-state index contributed by atoms with van der Waals surface area (Å²) in [6.45, 7) is 5.92. The maximum atomic E-state index is 12.1. The van der Waals surface area contributed by atoms with Crippen LogP contribution in [0.2, 0.25) is 0 Å². The minimum Gasteiger partial charge on any atom is -0.508 e. The van der Waals surface area contributed by atoms with Gasteiger partial charge in [0.05, 0.1) is 0 Å². The first kappa shape index (κ1) is 15.7. The van der Waals surface area contributed by atoms with E-state index in [0.717, 1.165) is 29.5 Å². The standard InChI is InChI=1S/C17H26O2/c1-4-5-6-7-8-9-10-16(18)15-11-14(3)17(19)12-13(15)2/h11-12,19H,4-10H2,1-3H3. The zero-order valence-corrected chi connectivity index (χ0v) is 12.5. The number of aromatic hydroxyl groups is 1. The molecular formula is C17H26O2. The number of benzene rings is 1. The van der Waals surface area contributed by atoms with Crippen LogP contribution in [0.25, 0.3) is 0 Å². The second kappa shape index (κ2) is 7.98. The van der Waals surface area contributed by atoms with Gasteiger partial charge in [-0.05, 0) is 43.5 Å². The molecule has 0 bridgehead atoms. The SMILES string of the molecule is CCCCCCCCC(=O)c1cc(C)c(O)cc1C. The Morgan fingerprint density at radius 1 is 1.00 bits per heavy atom. The summed E-state index contributed by atoms with van der Waals surface area (Å²) in [6.07, 6.45) is 7.80. The highest BCUT2D eigenvalue weighted by Gasteiger charge is 2.11. The summed E-state index contributed by atoms with van der Waals surface area (Å²) in [5.41, 5.74) is 2.42. The third-order valence-electron chi connectivity index (χ3n) is 3.60. The van der Waals surface area contributed by atoms with Gasteiger partial charge in [0.1, 0.15) is 5.75 Å². The number of unbranched alkanes of at least 4 members (excludes halogenated alkanes) is 5. The van der Waals surface area contributed by atoms with Crippen molar-refractivity contribution in [2.45, 2.75) is 65.7 Å². The van der Waals surface area contributed by atoms with Crippen molar-refractivity contribution in [2.24, 2.45) is 0 Å². The van der Waals surface area contributed by atoms with Crippen LogP contribution in [0.4, 0.5) is 0 Å². The molecular weight excluding hydrogens is 236 g/mol. The lowest BCUT2D eigenvalue weighted by Gasteiger charge is -2.08. The Morgan fingerprint density at radius 3 is 2.32 bits per heavy atom. The fraction of sp³-hybridized carbons (Fsp3) is 0.588. The predicted octanol–water partition coefficient (Wildman–Crippen LogP) is 4.94. The van der Waals surface area contributed by atoms with E-state index in [1.807, 2.05) is 19.9 Å². The molecule has 0 aliphatic carbocycles. The second-order valence-corrected chi connectivity index (χ2v) is 5.39. The summed E-state index contributed by atoms with van der Waals surface area (Å²) in [7, 11) is 0. The first-order valence-corrected chi connectivity index (χ1v) is 7.39. The van der Waals surface area contributed by atoms with Gasteiger partial charge < -0.3 is 5.11 Å². The molecule has 0 saturated heterocycles. The van der Waals surface area contributed by atoms with Crippen LogP contribution >= 0.6 is 0 Å². The van der Waals surface area contributed by atoms with E-state index in [0.29, 0.717) is 6.42 Å². The highest BCUT2D eigenvalue weighted by molar-refractivity contribution is 5.97. The molecule has 19 heavy (non-hydrogen) atoms. The molecule has 0 fully saturated rings.